The van der Waals surface area contributed by atoms with Crippen molar-refractivity contribution in [3.8, 4) is 12.3 Å². The second-order valence-electron chi connectivity index (χ2n) is 6.37. The number of terminal acetylenes is 1. The summed E-state index contributed by atoms with van der Waals surface area (Å²) in [5.74, 6) is 2.56. The smallest absolute Gasteiger partial charge is 0.139 e. The maximum atomic E-state index is 14.0. The van der Waals surface area contributed by atoms with Crippen LogP contribution in [0, 0.1) is 18.2 Å². The molecule has 1 heteroatoms. The lowest BCUT2D eigenvalue weighted by atomic mass is 9.89. The molecule has 0 heterocycles. The lowest BCUT2D eigenvalue weighted by Gasteiger charge is -2.15. The molecule has 2 aromatic rings. The maximum absolute atomic E-state index is 14.0. The third kappa shape index (κ3) is 6.68. The third-order valence-electron chi connectivity index (χ3n) is 3.99. The van der Waals surface area contributed by atoms with Crippen LogP contribution >= 0.6 is 0 Å². The van der Waals surface area contributed by atoms with E-state index >= 15 is 0 Å². The predicted molar refractivity (Wildman–Crippen MR) is 116 cm³/mol. The summed E-state index contributed by atoms with van der Waals surface area (Å²) in [6.07, 6.45) is 12.0. The van der Waals surface area contributed by atoms with Gasteiger partial charge in [0.05, 0.1) is 5.56 Å². The van der Waals surface area contributed by atoms with Crippen LogP contribution in [-0.4, -0.2) is 0 Å². The quantitative estimate of drug-likeness (QED) is 0.289. The van der Waals surface area contributed by atoms with E-state index in [1.807, 2.05) is 26.8 Å². The van der Waals surface area contributed by atoms with Crippen molar-refractivity contribution in [1.29, 1.82) is 0 Å². The highest BCUT2D eigenvalue weighted by Gasteiger charge is 2.13. The first kappa shape index (κ1) is 23.9. The Bertz CT molecular complexity index is 717. The molecular formula is C25H35F. The highest BCUT2D eigenvalue weighted by molar-refractivity contribution is 5.92. The van der Waals surface area contributed by atoms with E-state index in [1.54, 1.807) is 6.08 Å². The molecule has 0 saturated carbocycles. The molecule has 0 amide bonds. The molecule has 26 heavy (non-hydrogen) atoms. The molecule has 0 spiro atoms. The molecule has 0 radical (unpaired) electrons. The van der Waals surface area contributed by atoms with Gasteiger partial charge in [-0.2, -0.15) is 0 Å². The average molecular weight is 355 g/mol. The van der Waals surface area contributed by atoms with Crippen molar-refractivity contribution in [3.63, 3.8) is 0 Å². The molecule has 0 aliphatic rings. The Morgan fingerprint density at radius 3 is 2.31 bits per heavy atom. The molecule has 0 bridgehead atoms. The monoisotopic (exact) mass is 354 g/mol. The second-order valence-corrected chi connectivity index (χ2v) is 6.37. The van der Waals surface area contributed by atoms with Crippen LogP contribution in [0.25, 0.3) is 10.8 Å². The zero-order chi connectivity index (χ0) is 20.1. The Labute approximate surface area is 160 Å². The highest BCUT2D eigenvalue weighted by atomic mass is 19.1. The van der Waals surface area contributed by atoms with E-state index in [0.29, 0.717) is 11.5 Å². The van der Waals surface area contributed by atoms with Crippen LogP contribution in [0.2, 0.25) is 0 Å². The van der Waals surface area contributed by atoms with E-state index in [9.17, 15) is 4.39 Å². The standard InChI is InChI=1S/C20H23F.C3H6.C2H6/c1-5-7-8-9-15-12-16-10-11-19(21)17(6-2)20(16)18(13-15)14(3)4;1-3-2;1-2/h2,10-14H,5,7-9H2,1,3-4H3;3H,1H2,2H3;1-2H3. The maximum Gasteiger partial charge on any atom is 0.139 e. The van der Waals surface area contributed by atoms with Crippen LogP contribution < -0.4 is 0 Å². The summed E-state index contributed by atoms with van der Waals surface area (Å²) < 4.78 is 14.0. The van der Waals surface area contributed by atoms with Gasteiger partial charge in [0.1, 0.15) is 5.82 Å². The van der Waals surface area contributed by atoms with Gasteiger partial charge in [0, 0.05) is 5.39 Å². The van der Waals surface area contributed by atoms with Crippen LogP contribution in [0.5, 0.6) is 0 Å². The van der Waals surface area contributed by atoms with E-state index in [0.717, 1.165) is 22.8 Å². The van der Waals surface area contributed by atoms with E-state index < -0.39 is 0 Å². The summed E-state index contributed by atoms with van der Waals surface area (Å²) in [6, 6.07) is 7.71. The third-order valence-corrected chi connectivity index (χ3v) is 3.99. The number of allylic oxidation sites excluding steroid dienone is 1. The minimum atomic E-state index is -0.300. The Kier molecular flexibility index (Phi) is 12.1. The molecule has 0 aliphatic heterocycles. The Morgan fingerprint density at radius 2 is 1.81 bits per heavy atom. The Morgan fingerprint density at radius 1 is 1.19 bits per heavy atom. The van der Waals surface area contributed by atoms with E-state index in [4.69, 9.17) is 6.42 Å². The molecular weight excluding hydrogens is 319 g/mol. The van der Waals surface area contributed by atoms with Crippen molar-refractivity contribution in [1.82, 2.24) is 0 Å². The van der Waals surface area contributed by atoms with Crippen LogP contribution in [0.4, 0.5) is 4.39 Å². The van der Waals surface area contributed by atoms with Crippen LogP contribution in [0.1, 0.15) is 83.4 Å². The van der Waals surface area contributed by atoms with Gasteiger partial charge in [-0.3, -0.25) is 0 Å². The Balaban J connectivity index is 0.00000113. The molecule has 0 unspecified atom stereocenters. The molecule has 0 atom stereocenters. The molecule has 0 nitrogen and oxygen atoms in total. The number of halogens is 1. The van der Waals surface area contributed by atoms with Crippen molar-refractivity contribution in [2.45, 2.75) is 73.1 Å². The molecule has 0 aliphatic carbocycles. The van der Waals surface area contributed by atoms with Crippen LogP contribution in [-0.2, 0) is 6.42 Å². The predicted octanol–water partition coefficient (Wildman–Crippen LogP) is 8.03. The van der Waals surface area contributed by atoms with Gasteiger partial charge in [-0.05, 0) is 48.3 Å². The van der Waals surface area contributed by atoms with Gasteiger partial charge in [0.25, 0.3) is 0 Å². The van der Waals surface area contributed by atoms with Crippen molar-refractivity contribution < 1.29 is 4.39 Å². The van der Waals surface area contributed by atoms with Gasteiger partial charge >= 0.3 is 0 Å². The number of fused-ring (bicyclic) bond motifs is 1. The summed E-state index contributed by atoms with van der Waals surface area (Å²) >= 11 is 0. The summed E-state index contributed by atoms with van der Waals surface area (Å²) in [5, 5.41) is 1.97. The zero-order valence-electron chi connectivity index (χ0n) is 17.5. The average Bonchev–Trinajstić information content (AvgIpc) is 2.63. The minimum Gasteiger partial charge on any atom is -0.206 e. The normalized spacial score (nSPS) is 9.65. The fourth-order valence-corrected chi connectivity index (χ4v) is 2.86. The highest BCUT2D eigenvalue weighted by Crippen LogP contribution is 2.31. The zero-order valence-corrected chi connectivity index (χ0v) is 17.5. The number of benzene rings is 2. The van der Waals surface area contributed by atoms with Crippen LogP contribution in [0.3, 0.4) is 0 Å². The van der Waals surface area contributed by atoms with Crippen molar-refractivity contribution in [2.75, 3.05) is 0 Å². The van der Waals surface area contributed by atoms with Gasteiger partial charge in [-0.1, -0.05) is 77.7 Å². The SMILES string of the molecule is C#Cc1c(F)ccc2cc(CCCCC)cc(C(C)C)c12.C=CC.CC. The molecule has 0 saturated heterocycles. The van der Waals surface area contributed by atoms with Crippen molar-refractivity contribution >= 4 is 10.8 Å². The van der Waals surface area contributed by atoms with Gasteiger partial charge in [-0.25, -0.2) is 4.39 Å². The van der Waals surface area contributed by atoms with E-state index in [1.165, 1.54) is 30.9 Å². The summed E-state index contributed by atoms with van der Waals surface area (Å²) in [5.41, 5.74) is 2.89. The molecule has 142 valence electrons. The van der Waals surface area contributed by atoms with Gasteiger partial charge in [-0.15, -0.1) is 13.0 Å². The fourth-order valence-electron chi connectivity index (χ4n) is 2.86. The summed E-state index contributed by atoms with van der Waals surface area (Å²) in [4.78, 5) is 0. The molecule has 2 aromatic carbocycles. The Hall–Kier alpha value is -2.07. The lowest BCUT2D eigenvalue weighted by Crippen LogP contribution is -1.98. The van der Waals surface area contributed by atoms with Gasteiger partial charge < -0.3 is 0 Å². The van der Waals surface area contributed by atoms with Crippen molar-refractivity contribution in [3.05, 3.63) is 59.4 Å². The first-order valence-electron chi connectivity index (χ1n) is 9.78. The minimum absolute atomic E-state index is 0.300. The van der Waals surface area contributed by atoms with E-state index in [2.05, 4.69) is 45.4 Å². The second kappa shape index (κ2) is 13.2. The van der Waals surface area contributed by atoms with Gasteiger partial charge in [0.15, 0.2) is 0 Å². The number of aryl methyl sites for hydroxylation is 1. The number of unbranched alkanes of at least 4 members (excludes halogenated alkanes) is 2. The topological polar surface area (TPSA) is 0 Å². The fraction of sp³-hybridized carbons (Fsp3) is 0.440. The van der Waals surface area contributed by atoms with Crippen molar-refractivity contribution in [2.24, 2.45) is 0 Å². The first-order chi connectivity index (χ1) is 12.5. The first-order valence-corrected chi connectivity index (χ1v) is 9.78. The number of hydrogen-bond acceptors (Lipinski definition) is 0. The number of hydrogen-bond donors (Lipinski definition) is 0. The number of rotatable bonds is 5. The molecule has 0 fully saturated rings. The molecule has 2 rings (SSSR count). The lowest BCUT2D eigenvalue weighted by molar-refractivity contribution is 0.626. The summed E-state index contributed by atoms with van der Waals surface area (Å²) in [7, 11) is 0. The molecule has 0 aromatic heterocycles. The van der Waals surface area contributed by atoms with E-state index in [-0.39, 0.29) is 5.82 Å². The van der Waals surface area contributed by atoms with Gasteiger partial charge in [0.2, 0.25) is 0 Å². The van der Waals surface area contributed by atoms with Crippen LogP contribution in [0.15, 0.2) is 36.9 Å². The largest absolute Gasteiger partial charge is 0.206 e. The summed E-state index contributed by atoms with van der Waals surface area (Å²) in [6.45, 7) is 15.7. The molecule has 0 N–H and O–H groups in total.